The van der Waals surface area contributed by atoms with Gasteiger partial charge in [0.15, 0.2) is 0 Å². The molecule has 1 aliphatic rings. The van der Waals surface area contributed by atoms with Crippen LogP contribution in [0.15, 0.2) is 18.2 Å². The number of carbonyl (C=O) groups is 1. The maximum absolute atomic E-state index is 12.8. The molecule has 0 fully saturated rings. The normalized spacial score (nSPS) is 17.3. The molecule has 18 heavy (non-hydrogen) atoms. The first-order valence-electron chi connectivity index (χ1n) is 4.84. The quantitative estimate of drug-likeness (QED) is 0.633. The molecule has 2 rings (SSSR count). The van der Waals surface area contributed by atoms with Gasteiger partial charge in [-0.25, -0.2) is 17.6 Å². The first kappa shape index (κ1) is 12.5. The molecule has 0 bridgehead atoms. The van der Waals surface area contributed by atoms with Gasteiger partial charge in [-0.2, -0.15) is 0 Å². The highest BCUT2D eigenvalue weighted by atomic mass is 19.3. The minimum absolute atomic E-state index is 0.0167. The Morgan fingerprint density at radius 3 is 2.39 bits per heavy atom. The van der Waals surface area contributed by atoms with E-state index in [1.165, 1.54) is 12.1 Å². The van der Waals surface area contributed by atoms with Crippen molar-refractivity contribution in [3.05, 3.63) is 18.2 Å². The Balaban J connectivity index is 2.49. The van der Waals surface area contributed by atoms with Crippen molar-refractivity contribution in [2.45, 2.75) is 18.5 Å². The second kappa shape index (κ2) is 4.04. The van der Waals surface area contributed by atoms with Crippen LogP contribution in [0, 0.1) is 0 Å². The number of ether oxygens (including phenoxy) is 1. The zero-order valence-electron chi connectivity index (χ0n) is 8.79. The molecule has 8 heteroatoms. The summed E-state index contributed by atoms with van der Waals surface area (Å²) in [7, 11) is 0. The van der Waals surface area contributed by atoms with Crippen LogP contribution in [0.1, 0.15) is 0 Å². The first-order valence-corrected chi connectivity index (χ1v) is 4.84. The fourth-order valence-electron chi connectivity index (χ4n) is 1.57. The van der Waals surface area contributed by atoms with E-state index in [1.54, 1.807) is 0 Å². The molecule has 0 saturated heterocycles. The standard InChI is InChI=1S/C10H8F4N2O2/c11-7(12)10(8(13)14)9(17)16-5-3-4(15)1-2-6(5)18-10/h1-3,7-8H,15H2,(H,16,17). The SMILES string of the molecule is Nc1ccc2c(c1)NC(=O)C(C(F)F)(C(F)F)O2. The van der Waals surface area contributed by atoms with E-state index in [0.29, 0.717) is 0 Å². The molecule has 0 saturated carbocycles. The van der Waals surface area contributed by atoms with Gasteiger partial charge in [-0.15, -0.1) is 0 Å². The average molecular weight is 264 g/mol. The number of rotatable bonds is 2. The maximum Gasteiger partial charge on any atom is 0.306 e. The highest BCUT2D eigenvalue weighted by molar-refractivity contribution is 6.01. The lowest BCUT2D eigenvalue weighted by Crippen LogP contribution is -2.61. The van der Waals surface area contributed by atoms with Crippen LogP contribution in [-0.4, -0.2) is 24.4 Å². The summed E-state index contributed by atoms with van der Waals surface area (Å²) in [6.45, 7) is 0. The Morgan fingerprint density at radius 2 is 1.83 bits per heavy atom. The number of amides is 1. The van der Waals surface area contributed by atoms with Crippen LogP contribution in [0.3, 0.4) is 0 Å². The molecule has 0 spiro atoms. The monoisotopic (exact) mass is 264 g/mol. The van der Waals surface area contributed by atoms with E-state index in [4.69, 9.17) is 5.73 Å². The van der Waals surface area contributed by atoms with Crippen molar-refractivity contribution < 1.29 is 27.1 Å². The van der Waals surface area contributed by atoms with Gasteiger partial charge in [0.25, 0.3) is 18.8 Å². The van der Waals surface area contributed by atoms with E-state index in [0.717, 1.165) is 6.07 Å². The van der Waals surface area contributed by atoms with Crippen molar-refractivity contribution in [2.75, 3.05) is 11.1 Å². The molecule has 1 aliphatic heterocycles. The average Bonchev–Trinajstić information content (AvgIpc) is 2.27. The molecule has 0 aliphatic carbocycles. The molecule has 0 atom stereocenters. The largest absolute Gasteiger partial charge is 0.463 e. The summed E-state index contributed by atoms with van der Waals surface area (Å²) in [6.07, 6.45) is -7.33. The third-order valence-corrected chi connectivity index (χ3v) is 2.53. The van der Waals surface area contributed by atoms with Gasteiger partial charge in [0, 0.05) is 5.69 Å². The molecule has 1 heterocycles. The summed E-state index contributed by atoms with van der Waals surface area (Å²) in [5.74, 6) is -1.87. The number of nitrogen functional groups attached to an aromatic ring is 1. The molecule has 0 aromatic heterocycles. The van der Waals surface area contributed by atoms with Crippen LogP contribution < -0.4 is 15.8 Å². The zero-order valence-corrected chi connectivity index (χ0v) is 8.79. The topological polar surface area (TPSA) is 64.3 Å². The van der Waals surface area contributed by atoms with Gasteiger partial charge in [0.1, 0.15) is 5.75 Å². The van der Waals surface area contributed by atoms with E-state index >= 15 is 0 Å². The minimum atomic E-state index is -3.66. The number of hydrogen-bond acceptors (Lipinski definition) is 3. The molecular formula is C10H8F4N2O2. The van der Waals surface area contributed by atoms with Crippen molar-refractivity contribution in [3.8, 4) is 5.75 Å². The van der Waals surface area contributed by atoms with Gasteiger partial charge in [-0.05, 0) is 18.2 Å². The number of nitrogens with one attached hydrogen (secondary N) is 1. The van der Waals surface area contributed by atoms with Gasteiger partial charge in [0.2, 0.25) is 0 Å². The third-order valence-electron chi connectivity index (χ3n) is 2.53. The predicted molar refractivity (Wildman–Crippen MR) is 54.9 cm³/mol. The Bertz CT molecular complexity index is 485. The third kappa shape index (κ3) is 1.64. The Morgan fingerprint density at radius 1 is 1.22 bits per heavy atom. The Kier molecular flexibility index (Phi) is 2.80. The van der Waals surface area contributed by atoms with Gasteiger partial charge < -0.3 is 15.8 Å². The number of halogens is 4. The number of benzene rings is 1. The summed E-state index contributed by atoms with van der Waals surface area (Å²) >= 11 is 0. The van der Waals surface area contributed by atoms with Crippen molar-refractivity contribution in [1.29, 1.82) is 0 Å². The lowest BCUT2D eigenvalue weighted by molar-refractivity contribution is -0.177. The second-order valence-electron chi connectivity index (χ2n) is 3.71. The van der Waals surface area contributed by atoms with E-state index in [2.05, 4.69) is 4.74 Å². The first-order chi connectivity index (χ1) is 8.37. The van der Waals surface area contributed by atoms with Gasteiger partial charge in [0.05, 0.1) is 5.69 Å². The van der Waals surface area contributed by atoms with E-state index < -0.39 is 24.4 Å². The van der Waals surface area contributed by atoms with E-state index in [9.17, 15) is 22.4 Å². The summed E-state index contributed by atoms with van der Waals surface area (Å²) in [4.78, 5) is 11.4. The molecule has 4 nitrogen and oxygen atoms in total. The van der Waals surface area contributed by atoms with Crippen LogP contribution in [0.4, 0.5) is 28.9 Å². The molecule has 1 aromatic carbocycles. The fourth-order valence-corrected chi connectivity index (χ4v) is 1.57. The highest BCUT2D eigenvalue weighted by Gasteiger charge is 2.60. The molecular weight excluding hydrogens is 256 g/mol. The Labute approximate surface area is 98.7 Å². The van der Waals surface area contributed by atoms with Gasteiger partial charge in [-0.1, -0.05) is 0 Å². The molecule has 3 N–H and O–H groups in total. The lowest BCUT2D eigenvalue weighted by atomic mass is 10.0. The number of alkyl halides is 4. The fraction of sp³-hybridized carbons (Fsp3) is 0.300. The lowest BCUT2D eigenvalue weighted by Gasteiger charge is -2.35. The van der Waals surface area contributed by atoms with E-state index in [-0.39, 0.29) is 17.1 Å². The van der Waals surface area contributed by atoms with Crippen LogP contribution in [0.25, 0.3) is 0 Å². The predicted octanol–water partition coefficient (Wildman–Crippen LogP) is 1.87. The molecule has 1 aromatic rings. The molecule has 98 valence electrons. The van der Waals surface area contributed by atoms with Crippen molar-refractivity contribution in [2.24, 2.45) is 0 Å². The summed E-state index contributed by atoms with van der Waals surface area (Å²) in [5, 5.41) is 1.95. The van der Waals surface area contributed by atoms with Crippen molar-refractivity contribution in [1.82, 2.24) is 0 Å². The number of hydrogen-bond donors (Lipinski definition) is 2. The second-order valence-corrected chi connectivity index (χ2v) is 3.71. The van der Waals surface area contributed by atoms with E-state index in [1.807, 2.05) is 5.32 Å². The van der Waals surface area contributed by atoms with Crippen molar-refractivity contribution >= 4 is 17.3 Å². The van der Waals surface area contributed by atoms with Gasteiger partial charge >= 0.3 is 5.60 Å². The van der Waals surface area contributed by atoms with Crippen LogP contribution in [0.2, 0.25) is 0 Å². The molecule has 1 amide bonds. The number of carbonyl (C=O) groups excluding carboxylic acids is 1. The number of nitrogens with two attached hydrogens (primary N) is 1. The highest BCUT2D eigenvalue weighted by Crippen LogP contribution is 2.40. The molecule has 0 unspecified atom stereocenters. The summed E-state index contributed by atoms with van der Waals surface area (Å²) < 4.78 is 55.6. The van der Waals surface area contributed by atoms with Crippen molar-refractivity contribution in [3.63, 3.8) is 0 Å². The Hall–Kier alpha value is -1.99. The zero-order chi connectivity index (χ0) is 13.5. The van der Waals surface area contributed by atoms with Crippen LogP contribution in [0.5, 0.6) is 5.75 Å². The minimum Gasteiger partial charge on any atom is -0.463 e. The van der Waals surface area contributed by atoms with Gasteiger partial charge in [-0.3, -0.25) is 4.79 Å². The number of fused-ring (bicyclic) bond motifs is 1. The summed E-state index contributed by atoms with van der Waals surface area (Å²) in [6, 6.07) is 3.66. The van der Waals surface area contributed by atoms with Crippen LogP contribution >= 0.6 is 0 Å². The molecule has 0 radical (unpaired) electrons. The summed E-state index contributed by atoms with van der Waals surface area (Å²) in [5.41, 5.74) is 2.15. The maximum atomic E-state index is 12.8. The number of anilines is 2. The van der Waals surface area contributed by atoms with Crippen LogP contribution in [-0.2, 0) is 4.79 Å². The smallest absolute Gasteiger partial charge is 0.306 e.